The number of ether oxygens (including phenoxy) is 1. The summed E-state index contributed by atoms with van der Waals surface area (Å²) in [6.45, 7) is 6.38. The predicted octanol–water partition coefficient (Wildman–Crippen LogP) is 3.83. The van der Waals surface area contributed by atoms with Gasteiger partial charge in [0.1, 0.15) is 5.75 Å². The van der Waals surface area contributed by atoms with Gasteiger partial charge < -0.3 is 9.64 Å². The Morgan fingerprint density at radius 1 is 0.895 bits per heavy atom. The molecule has 0 fully saturated rings. The lowest BCUT2D eigenvalue weighted by Gasteiger charge is -2.17. The molecule has 2 heteroatoms. The van der Waals surface area contributed by atoms with Crippen LogP contribution in [0.2, 0.25) is 0 Å². The van der Waals surface area contributed by atoms with E-state index in [1.54, 1.807) is 7.11 Å². The molecule has 2 aromatic carbocycles. The highest BCUT2D eigenvalue weighted by Gasteiger charge is 2.19. The molecule has 19 heavy (non-hydrogen) atoms. The van der Waals surface area contributed by atoms with Crippen molar-refractivity contribution in [3.63, 3.8) is 0 Å². The van der Waals surface area contributed by atoms with Crippen molar-refractivity contribution in [1.29, 1.82) is 0 Å². The first-order valence-corrected chi connectivity index (χ1v) is 6.65. The lowest BCUT2D eigenvalue weighted by molar-refractivity contribution is 0.415. The second-order valence-electron chi connectivity index (χ2n) is 5.26. The van der Waals surface area contributed by atoms with Crippen LogP contribution in [-0.4, -0.2) is 7.11 Å². The van der Waals surface area contributed by atoms with Crippen molar-refractivity contribution in [1.82, 2.24) is 0 Å². The first-order valence-electron chi connectivity index (χ1n) is 6.65. The van der Waals surface area contributed by atoms with E-state index in [1.807, 2.05) is 12.1 Å². The van der Waals surface area contributed by atoms with Gasteiger partial charge in [-0.15, -0.1) is 0 Å². The van der Waals surface area contributed by atoms with Gasteiger partial charge in [0, 0.05) is 18.8 Å². The van der Waals surface area contributed by atoms with Crippen LogP contribution in [0.5, 0.6) is 5.75 Å². The molecule has 2 aromatic rings. The topological polar surface area (TPSA) is 12.5 Å². The summed E-state index contributed by atoms with van der Waals surface area (Å²) in [5.41, 5.74) is 6.94. The van der Waals surface area contributed by atoms with Gasteiger partial charge in [0.05, 0.1) is 7.11 Å². The summed E-state index contributed by atoms with van der Waals surface area (Å²) < 4.78 is 5.21. The highest BCUT2D eigenvalue weighted by Crippen LogP contribution is 2.30. The first-order chi connectivity index (χ1) is 9.17. The van der Waals surface area contributed by atoms with Crippen molar-refractivity contribution in [3.8, 4) is 5.75 Å². The van der Waals surface area contributed by atoms with Crippen LogP contribution in [0.25, 0.3) is 0 Å². The number of benzene rings is 2. The minimum absolute atomic E-state index is 0.909. The Morgan fingerprint density at radius 2 is 1.42 bits per heavy atom. The number of rotatable bonds is 2. The van der Waals surface area contributed by atoms with Crippen molar-refractivity contribution in [2.24, 2.45) is 0 Å². The summed E-state index contributed by atoms with van der Waals surface area (Å²) in [4.78, 5) is 2.41. The molecule has 1 aliphatic heterocycles. The Kier molecular flexibility index (Phi) is 2.94. The normalized spacial score (nSPS) is 13.5. The molecule has 0 amide bonds. The summed E-state index contributed by atoms with van der Waals surface area (Å²) in [5, 5.41) is 0. The summed E-state index contributed by atoms with van der Waals surface area (Å²) in [6.07, 6.45) is 0. The average Bonchev–Trinajstić information content (AvgIpc) is 2.82. The average molecular weight is 253 g/mol. The van der Waals surface area contributed by atoms with Crippen LogP contribution in [0, 0.1) is 13.8 Å². The van der Waals surface area contributed by atoms with Gasteiger partial charge >= 0.3 is 0 Å². The van der Waals surface area contributed by atoms with Crippen LogP contribution in [0.4, 0.5) is 5.69 Å². The minimum Gasteiger partial charge on any atom is -0.497 e. The second-order valence-corrected chi connectivity index (χ2v) is 5.26. The summed E-state index contributed by atoms with van der Waals surface area (Å²) in [6, 6.07) is 13.0. The molecule has 0 bridgehead atoms. The van der Waals surface area contributed by atoms with Gasteiger partial charge in [0.15, 0.2) is 0 Å². The van der Waals surface area contributed by atoms with Crippen LogP contribution in [0.1, 0.15) is 22.3 Å². The van der Waals surface area contributed by atoms with Crippen molar-refractivity contribution >= 4 is 5.69 Å². The Bertz CT molecular complexity index is 570. The molecule has 1 heterocycles. The molecule has 2 nitrogen and oxygen atoms in total. The van der Waals surface area contributed by atoms with Crippen molar-refractivity contribution in [2.45, 2.75) is 26.9 Å². The molecule has 0 aromatic heterocycles. The number of methoxy groups -OCH3 is 1. The molecule has 0 unspecified atom stereocenters. The highest BCUT2D eigenvalue weighted by atomic mass is 16.5. The summed E-state index contributed by atoms with van der Waals surface area (Å²) >= 11 is 0. The molecular weight excluding hydrogens is 234 g/mol. The molecule has 0 saturated heterocycles. The van der Waals surface area contributed by atoms with Crippen LogP contribution < -0.4 is 9.64 Å². The third-order valence-electron chi connectivity index (χ3n) is 3.98. The van der Waals surface area contributed by atoms with E-state index in [-0.39, 0.29) is 0 Å². The smallest absolute Gasteiger partial charge is 0.119 e. The van der Waals surface area contributed by atoms with Crippen LogP contribution >= 0.6 is 0 Å². The quantitative estimate of drug-likeness (QED) is 0.806. The molecule has 1 aliphatic rings. The molecule has 98 valence electrons. The van der Waals surface area contributed by atoms with E-state index in [4.69, 9.17) is 4.74 Å². The van der Waals surface area contributed by atoms with E-state index in [9.17, 15) is 0 Å². The van der Waals surface area contributed by atoms with E-state index < -0.39 is 0 Å². The SMILES string of the molecule is COc1ccc(N2Cc3cc(C)c(C)cc3C2)cc1. The van der Waals surface area contributed by atoms with E-state index in [0.29, 0.717) is 0 Å². The van der Waals surface area contributed by atoms with Gasteiger partial charge in [-0.1, -0.05) is 12.1 Å². The molecule has 0 radical (unpaired) electrons. The lowest BCUT2D eigenvalue weighted by atomic mass is 10.0. The van der Waals surface area contributed by atoms with E-state index in [1.165, 1.54) is 27.9 Å². The van der Waals surface area contributed by atoms with Gasteiger partial charge in [-0.2, -0.15) is 0 Å². The van der Waals surface area contributed by atoms with Crippen LogP contribution in [0.15, 0.2) is 36.4 Å². The number of hydrogen-bond donors (Lipinski definition) is 0. The predicted molar refractivity (Wildman–Crippen MR) is 78.8 cm³/mol. The maximum absolute atomic E-state index is 5.21. The third kappa shape index (κ3) is 2.19. The number of aryl methyl sites for hydroxylation is 2. The molecule has 0 spiro atoms. The van der Waals surface area contributed by atoms with Crippen molar-refractivity contribution < 1.29 is 4.74 Å². The first kappa shape index (κ1) is 12.1. The Hall–Kier alpha value is -1.96. The Labute approximate surface area is 114 Å². The van der Waals surface area contributed by atoms with Gasteiger partial charge in [-0.05, 0) is 60.4 Å². The van der Waals surface area contributed by atoms with E-state index >= 15 is 0 Å². The molecule has 0 atom stereocenters. The van der Waals surface area contributed by atoms with Gasteiger partial charge in [-0.25, -0.2) is 0 Å². The van der Waals surface area contributed by atoms with Gasteiger partial charge in [0.25, 0.3) is 0 Å². The van der Waals surface area contributed by atoms with Gasteiger partial charge in [0.2, 0.25) is 0 Å². The fourth-order valence-corrected chi connectivity index (χ4v) is 2.67. The standard InChI is InChI=1S/C17H19NO/c1-12-8-14-10-18(11-15(14)9-13(12)2)16-4-6-17(19-3)7-5-16/h4-9H,10-11H2,1-3H3. The molecule has 0 N–H and O–H groups in total. The summed E-state index contributed by atoms with van der Waals surface area (Å²) in [7, 11) is 1.70. The number of hydrogen-bond acceptors (Lipinski definition) is 2. The molecule has 3 rings (SSSR count). The maximum Gasteiger partial charge on any atom is 0.119 e. The van der Waals surface area contributed by atoms with E-state index in [2.05, 4.69) is 43.0 Å². The molecule has 0 aliphatic carbocycles. The van der Waals surface area contributed by atoms with E-state index in [0.717, 1.165) is 18.8 Å². The van der Waals surface area contributed by atoms with Crippen LogP contribution in [0.3, 0.4) is 0 Å². The minimum atomic E-state index is 0.909. The zero-order valence-corrected chi connectivity index (χ0v) is 11.7. The van der Waals surface area contributed by atoms with Crippen molar-refractivity contribution in [3.05, 3.63) is 58.7 Å². The molecular formula is C17H19NO. The molecule has 0 saturated carbocycles. The largest absolute Gasteiger partial charge is 0.497 e. The zero-order chi connectivity index (χ0) is 13.4. The monoisotopic (exact) mass is 253 g/mol. The summed E-state index contributed by atoms with van der Waals surface area (Å²) in [5.74, 6) is 0.909. The van der Waals surface area contributed by atoms with Gasteiger partial charge in [-0.3, -0.25) is 0 Å². The maximum atomic E-state index is 5.21. The number of fused-ring (bicyclic) bond motifs is 1. The Balaban J connectivity index is 1.86. The Morgan fingerprint density at radius 3 is 1.89 bits per heavy atom. The fourth-order valence-electron chi connectivity index (χ4n) is 2.67. The second kappa shape index (κ2) is 4.61. The number of nitrogens with zero attached hydrogens (tertiary/aromatic N) is 1. The lowest BCUT2D eigenvalue weighted by Crippen LogP contribution is -2.14. The highest BCUT2D eigenvalue weighted by molar-refractivity contribution is 5.54. The number of anilines is 1. The fraction of sp³-hybridized carbons (Fsp3) is 0.294. The third-order valence-corrected chi connectivity index (χ3v) is 3.98. The zero-order valence-electron chi connectivity index (χ0n) is 11.7. The van der Waals surface area contributed by atoms with Crippen molar-refractivity contribution in [2.75, 3.05) is 12.0 Å². The van der Waals surface area contributed by atoms with Crippen LogP contribution in [-0.2, 0) is 13.1 Å².